The molecule has 0 bridgehead atoms. The fourth-order valence-corrected chi connectivity index (χ4v) is 2.74. The molecule has 0 spiro atoms. The summed E-state index contributed by atoms with van der Waals surface area (Å²) < 4.78 is 42.2. The molecular formula is C14H22F2O3Si. The molecule has 0 radical (unpaired) electrons. The van der Waals surface area contributed by atoms with Gasteiger partial charge >= 0.3 is 0 Å². The maximum absolute atomic E-state index is 13.4. The van der Waals surface area contributed by atoms with Crippen LogP contribution >= 0.6 is 0 Å². The Morgan fingerprint density at radius 1 is 1.15 bits per heavy atom. The van der Waals surface area contributed by atoms with Crippen LogP contribution in [-0.2, 0) is 20.3 Å². The first-order valence-electron chi connectivity index (χ1n) is 6.96. The SMILES string of the molecule is CCOC(OCC)O[SiH2]CCCc1ccc(F)cc1F. The molecule has 0 unspecified atom stereocenters. The van der Waals surface area contributed by atoms with E-state index in [0.29, 0.717) is 25.2 Å². The van der Waals surface area contributed by atoms with Gasteiger partial charge in [0, 0.05) is 19.3 Å². The van der Waals surface area contributed by atoms with Crippen molar-refractivity contribution in [2.75, 3.05) is 13.2 Å². The van der Waals surface area contributed by atoms with Crippen molar-refractivity contribution in [3.8, 4) is 0 Å². The van der Waals surface area contributed by atoms with E-state index in [9.17, 15) is 8.78 Å². The first kappa shape index (κ1) is 17.2. The van der Waals surface area contributed by atoms with Crippen molar-refractivity contribution < 1.29 is 22.7 Å². The van der Waals surface area contributed by atoms with E-state index in [1.165, 1.54) is 12.1 Å². The van der Waals surface area contributed by atoms with Crippen LogP contribution in [0.3, 0.4) is 0 Å². The minimum absolute atomic E-state index is 0.478. The molecule has 20 heavy (non-hydrogen) atoms. The molecule has 0 aliphatic heterocycles. The molecule has 0 aliphatic rings. The Labute approximate surface area is 121 Å². The van der Waals surface area contributed by atoms with Crippen molar-refractivity contribution >= 4 is 9.76 Å². The molecule has 0 saturated carbocycles. The quantitative estimate of drug-likeness (QED) is 0.378. The first-order chi connectivity index (χ1) is 9.67. The second kappa shape index (κ2) is 9.98. The summed E-state index contributed by atoms with van der Waals surface area (Å²) in [6.45, 7) is 4.28. The van der Waals surface area contributed by atoms with E-state index in [2.05, 4.69) is 0 Å². The minimum atomic E-state index is -0.759. The monoisotopic (exact) mass is 304 g/mol. The van der Waals surface area contributed by atoms with Crippen LogP contribution in [-0.4, -0.2) is 29.5 Å². The highest BCUT2D eigenvalue weighted by Crippen LogP contribution is 2.12. The molecule has 3 nitrogen and oxygen atoms in total. The van der Waals surface area contributed by atoms with Crippen LogP contribution in [0.4, 0.5) is 8.78 Å². The van der Waals surface area contributed by atoms with Gasteiger partial charge in [-0.2, -0.15) is 0 Å². The summed E-state index contributed by atoms with van der Waals surface area (Å²) in [6.07, 6.45) is 1.41. The second-order valence-electron chi connectivity index (χ2n) is 4.26. The van der Waals surface area contributed by atoms with Crippen molar-refractivity contribution in [1.29, 1.82) is 0 Å². The van der Waals surface area contributed by atoms with Gasteiger partial charge in [-0.05, 0) is 44.4 Å². The standard InChI is InChI=1S/C14H22F2O3Si/c1-3-17-14(18-4-2)19-20-9-5-6-11-7-8-12(15)10-13(11)16/h7-8,10,14H,3-6,9,20H2,1-2H3. The van der Waals surface area contributed by atoms with Gasteiger partial charge < -0.3 is 13.9 Å². The van der Waals surface area contributed by atoms with Crippen LogP contribution in [0.1, 0.15) is 25.8 Å². The lowest BCUT2D eigenvalue weighted by molar-refractivity contribution is -0.243. The fourth-order valence-electron chi connectivity index (χ4n) is 1.74. The smallest absolute Gasteiger partial charge is 0.261 e. The molecule has 0 fully saturated rings. The average molecular weight is 304 g/mol. The largest absolute Gasteiger partial charge is 0.379 e. The van der Waals surface area contributed by atoms with Gasteiger partial charge in [-0.3, -0.25) is 0 Å². The minimum Gasteiger partial charge on any atom is -0.379 e. The molecule has 0 atom stereocenters. The number of aryl methyl sites for hydroxylation is 1. The normalized spacial score (nSPS) is 11.8. The zero-order valence-corrected chi connectivity index (χ0v) is 13.4. The summed E-state index contributed by atoms with van der Waals surface area (Å²) in [5.74, 6) is -1.02. The van der Waals surface area contributed by atoms with Crippen molar-refractivity contribution in [2.45, 2.75) is 39.2 Å². The van der Waals surface area contributed by atoms with E-state index in [1.54, 1.807) is 0 Å². The van der Waals surface area contributed by atoms with Crippen LogP contribution in [0.2, 0.25) is 6.04 Å². The van der Waals surface area contributed by atoms with Gasteiger partial charge in [-0.1, -0.05) is 6.07 Å². The van der Waals surface area contributed by atoms with Gasteiger partial charge in [-0.25, -0.2) is 8.78 Å². The first-order valence-corrected chi connectivity index (χ1v) is 8.53. The van der Waals surface area contributed by atoms with Gasteiger partial charge in [0.25, 0.3) is 6.48 Å². The highest BCUT2D eigenvalue weighted by atomic mass is 28.2. The van der Waals surface area contributed by atoms with Gasteiger partial charge in [-0.15, -0.1) is 0 Å². The maximum atomic E-state index is 13.4. The van der Waals surface area contributed by atoms with E-state index in [0.717, 1.165) is 18.5 Å². The number of benzene rings is 1. The predicted molar refractivity (Wildman–Crippen MR) is 76.2 cm³/mol. The Morgan fingerprint density at radius 3 is 2.45 bits per heavy atom. The molecule has 6 heteroatoms. The van der Waals surface area contributed by atoms with Gasteiger partial charge in [0.2, 0.25) is 0 Å². The summed E-state index contributed by atoms with van der Waals surface area (Å²) in [5, 5.41) is 0. The fraction of sp³-hybridized carbons (Fsp3) is 0.571. The van der Waals surface area contributed by atoms with Gasteiger partial charge in [0.1, 0.15) is 11.6 Å². The van der Waals surface area contributed by atoms with Crippen LogP contribution in [0.15, 0.2) is 18.2 Å². The zero-order valence-electron chi connectivity index (χ0n) is 12.0. The Hall–Kier alpha value is -0.823. The number of hydrogen-bond donors (Lipinski definition) is 0. The summed E-state index contributed by atoms with van der Waals surface area (Å²) >= 11 is 0. The molecule has 0 N–H and O–H groups in total. The molecule has 0 amide bonds. The zero-order chi connectivity index (χ0) is 14.8. The van der Waals surface area contributed by atoms with E-state index in [1.807, 2.05) is 13.8 Å². The van der Waals surface area contributed by atoms with Crippen LogP contribution in [0, 0.1) is 11.6 Å². The average Bonchev–Trinajstić information content (AvgIpc) is 2.41. The van der Waals surface area contributed by atoms with Crippen molar-refractivity contribution in [3.05, 3.63) is 35.4 Å². The van der Waals surface area contributed by atoms with Crippen molar-refractivity contribution in [1.82, 2.24) is 0 Å². The predicted octanol–water partition coefficient (Wildman–Crippen LogP) is 2.77. The van der Waals surface area contributed by atoms with E-state index in [4.69, 9.17) is 13.9 Å². The Kier molecular flexibility index (Phi) is 8.60. The number of rotatable bonds is 10. The highest BCUT2D eigenvalue weighted by Gasteiger charge is 2.08. The summed E-state index contributed by atoms with van der Waals surface area (Å²) in [5.41, 5.74) is 0.548. The molecule has 1 rings (SSSR count). The highest BCUT2D eigenvalue weighted by molar-refractivity contribution is 6.27. The van der Waals surface area contributed by atoms with Crippen LogP contribution in [0.25, 0.3) is 0 Å². The molecular weight excluding hydrogens is 282 g/mol. The second-order valence-corrected chi connectivity index (χ2v) is 5.71. The summed E-state index contributed by atoms with van der Waals surface area (Å²) in [7, 11) is -0.759. The Morgan fingerprint density at radius 2 is 1.85 bits per heavy atom. The molecule has 0 heterocycles. The molecule has 0 aliphatic carbocycles. The number of hydrogen-bond acceptors (Lipinski definition) is 3. The van der Waals surface area contributed by atoms with Crippen molar-refractivity contribution in [3.63, 3.8) is 0 Å². The number of ether oxygens (including phenoxy) is 2. The lowest BCUT2D eigenvalue weighted by Crippen LogP contribution is -2.23. The van der Waals surface area contributed by atoms with Crippen LogP contribution in [0.5, 0.6) is 0 Å². The summed E-state index contributed by atoms with van der Waals surface area (Å²) in [6, 6.07) is 4.60. The van der Waals surface area contributed by atoms with E-state index in [-0.39, 0.29) is 0 Å². The third-order valence-electron chi connectivity index (χ3n) is 2.71. The number of halogens is 2. The summed E-state index contributed by atoms with van der Waals surface area (Å²) in [4.78, 5) is 0. The van der Waals surface area contributed by atoms with Crippen LogP contribution < -0.4 is 0 Å². The van der Waals surface area contributed by atoms with Gasteiger partial charge in [0.15, 0.2) is 9.76 Å². The molecule has 1 aromatic rings. The third-order valence-corrected chi connectivity index (χ3v) is 4.01. The third kappa shape index (κ3) is 6.56. The molecule has 1 aromatic carbocycles. The lowest BCUT2D eigenvalue weighted by atomic mass is 10.1. The topological polar surface area (TPSA) is 27.7 Å². The molecule has 114 valence electrons. The van der Waals surface area contributed by atoms with E-state index >= 15 is 0 Å². The molecule has 0 aromatic heterocycles. The maximum Gasteiger partial charge on any atom is 0.261 e. The Bertz CT molecular complexity index is 385. The van der Waals surface area contributed by atoms with E-state index < -0.39 is 27.9 Å². The van der Waals surface area contributed by atoms with Crippen molar-refractivity contribution in [2.24, 2.45) is 0 Å². The Balaban J connectivity index is 2.20. The molecule has 0 saturated heterocycles. The lowest BCUT2D eigenvalue weighted by Gasteiger charge is -2.17. The van der Waals surface area contributed by atoms with Gasteiger partial charge in [0.05, 0.1) is 0 Å².